The predicted octanol–water partition coefficient (Wildman–Crippen LogP) is 6.48. The topological polar surface area (TPSA) is 116 Å². The van der Waals surface area contributed by atoms with Crippen LogP contribution in [-0.2, 0) is 6.18 Å². The Kier molecular flexibility index (Phi) is 7.69. The van der Waals surface area contributed by atoms with Gasteiger partial charge >= 0.3 is 12.2 Å². The lowest BCUT2D eigenvalue weighted by atomic mass is 9.99. The zero-order valence-corrected chi connectivity index (χ0v) is 21.7. The Labute approximate surface area is 231 Å². The van der Waals surface area contributed by atoms with Crippen LogP contribution in [0.2, 0.25) is 5.02 Å². The molecule has 0 atom stereocenters. The fourth-order valence-electron chi connectivity index (χ4n) is 4.49. The van der Waals surface area contributed by atoms with E-state index < -0.39 is 22.8 Å². The molecule has 2 heterocycles. The Bertz CT molecular complexity index is 1520. The average Bonchev–Trinajstić information content (AvgIpc) is 3.49. The first-order valence-electron chi connectivity index (χ1n) is 12.4. The summed E-state index contributed by atoms with van der Waals surface area (Å²) < 4.78 is 39.6. The highest BCUT2D eigenvalue weighted by Crippen LogP contribution is 2.36. The number of nitrogens with zero attached hydrogens (tertiary/aromatic N) is 4. The number of rotatable bonds is 5. The number of alkyl halides is 3. The van der Waals surface area contributed by atoms with Crippen molar-refractivity contribution < 1.29 is 22.8 Å². The number of anilines is 2. The molecule has 0 spiro atoms. The lowest BCUT2D eigenvalue weighted by molar-refractivity contribution is -0.137. The molecule has 1 aromatic heterocycles. The first-order valence-corrected chi connectivity index (χ1v) is 12.8. The van der Waals surface area contributed by atoms with Gasteiger partial charge in [0.05, 0.1) is 16.3 Å². The fraction of sp³-hybridized carbons (Fsp3) is 0.222. The average molecular weight is 570 g/mol. The van der Waals surface area contributed by atoms with E-state index in [1.165, 1.54) is 6.07 Å². The monoisotopic (exact) mass is 569 g/mol. The Morgan fingerprint density at radius 1 is 0.900 bits per heavy atom. The van der Waals surface area contributed by atoms with E-state index in [4.69, 9.17) is 11.6 Å². The van der Waals surface area contributed by atoms with Crippen molar-refractivity contribution in [3.63, 3.8) is 0 Å². The highest BCUT2D eigenvalue weighted by atomic mass is 35.5. The quantitative estimate of drug-likeness (QED) is 0.254. The summed E-state index contributed by atoms with van der Waals surface area (Å²) in [5, 5.41) is 18.3. The van der Waals surface area contributed by atoms with Gasteiger partial charge in [-0.25, -0.2) is 9.89 Å². The van der Waals surface area contributed by atoms with Crippen LogP contribution in [0, 0.1) is 0 Å². The van der Waals surface area contributed by atoms with Gasteiger partial charge < -0.3 is 15.5 Å². The number of carbonyl (C=O) groups is 2. The number of amides is 3. The fourth-order valence-corrected chi connectivity index (χ4v) is 4.72. The molecule has 3 aromatic carbocycles. The van der Waals surface area contributed by atoms with Gasteiger partial charge in [0, 0.05) is 29.9 Å². The number of hydrogen-bond donors (Lipinski definition) is 3. The molecule has 5 rings (SSSR count). The number of hydrogen-bond acceptors (Lipinski definition) is 5. The summed E-state index contributed by atoms with van der Waals surface area (Å²) >= 11 is 5.66. The van der Waals surface area contributed by atoms with Crippen molar-refractivity contribution in [3.05, 3.63) is 76.8 Å². The molecular formula is C27H23ClF3N7O2. The van der Waals surface area contributed by atoms with E-state index in [2.05, 4.69) is 31.3 Å². The molecule has 0 saturated carbocycles. The molecule has 0 radical (unpaired) electrons. The predicted molar refractivity (Wildman–Crippen MR) is 144 cm³/mol. The van der Waals surface area contributed by atoms with Crippen LogP contribution in [0.1, 0.15) is 35.2 Å². The molecule has 1 fully saturated rings. The lowest BCUT2D eigenvalue weighted by Gasteiger charge is -2.26. The smallest absolute Gasteiger partial charge is 0.339 e. The maximum atomic E-state index is 13.2. The molecule has 0 aliphatic carbocycles. The van der Waals surface area contributed by atoms with Crippen LogP contribution >= 0.6 is 11.6 Å². The minimum atomic E-state index is -4.67. The lowest BCUT2D eigenvalue weighted by Crippen LogP contribution is -2.35. The second-order valence-electron chi connectivity index (χ2n) is 9.21. The van der Waals surface area contributed by atoms with Gasteiger partial charge in [-0.1, -0.05) is 29.8 Å². The van der Waals surface area contributed by atoms with Crippen LogP contribution in [0.5, 0.6) is 0 Å². The van der Waals surface area contributed by atoms with Gasteiger partial charge in [-0.05, 0) is 83.3 Å². The van der Waals surface area contributed by atoms with E-state index in [-0.39, 0.29) is 17.4 Å². The third-order valence-electron chi connectivity index (χ3n) is 6.51. The summed E-state index contributed by atoms with van der Waals surface area (Å²) in [7, 11) is 0. The van der Waals surface area contributed by atoms with Gasteiger partial charge in [0.2, 0.25) is 0 Å². The number of nitrogens with one attached hydrogen (secondary N) is 3. The summed E-state index contributed by atoms with van der Waals surface area (Å²) in [6.45, 7) is 1.53. The Morgan fingerprint density at radius 2 is 1.62 bits per heavy atom. The Balaban J connectivity index is 1.36. The van der Waals surface area contributed by atoms with E-state index >= 15 is 0 Å². The van der Waals surface area contributed by atoms with Gasteiger partial charge in [-0.2, -0.15) is 13.2 Å². The molecule has 4 aromatic rings. The molecule has 40 heavy (non-hydrogen) atoms. The van der Waals surface area contributed by atoms with Crippen LogP contribution in [0.4, 0.5) is 29.3 Å². The minimum absolute atomic E-state index is 0.00766. The molecular weight excluding hydrogens is 547 g/mol. The minimum Gasteiger partial charge on any atom is -0.339 e. The number of H-pyrrole nitrogens is 1. The van der Waals surface area contributed by atoms with Crippen molar-refractivity contribution in [2.45, 2.75) is 25.4 Å². The Morgan fingerprint density at radius 3 is 2.30 bits per heavy atom. The third kappa shape index (κ3) is 6.07. The maximum absolute atomic E-state index is 13.2. The zero-order valence-electron chi connectivity index (χ0n) is 20.9. The van der Waals surface area contributed by atoms with Crippen molar-refractivity contribution in [1.82, 2.24) is 25.5 Å². The molecule has 9 nitrogen and oxygen atoms in total. The first-order chi connectivity index (χ1) is 19.2. The van der Waals surface area contributed by atoms with E-state index in [0.29, 0.717) is 16.8 Å². The van der Waals surface area contributed by atoms with Gasteiger partial charge in [-0.15, -0.1) is 5.10 Å². The van der Waals surface area contributed by atoms with Crippen molar-refractivity contribution in [3.8, 4) is 22.5 Å². The van der Waals surface area contributed by atoms with Gasteiger partial charge in [0.25, 0.3) is 5.91 Å². The summed E-state index contributed by atoms with van der Waals surface area (Å²) in [4.78, 5) is 27.4. The van der Waals surface area contributed by atoms with E-state index in [0.717, 1.165) is 55.6 Å². The highest BCUT2D eigenvalue weighted by molar-refractivity contribution is 6.31. The zero-order chi connectivity index (χ0) is 28.3. The number of likely N-dealkylation sites (tertiary alicyclic amines) is 1. The molecule has 0 bridgehead atoms. The van der Waals surface area contributed by atoms with E-state index in [1.807, 2.05) is 17.0 Å². The summed E-state index contributed by atoms with van der Waals surface area (Å²) in [5.74, 6) is 0.271. The number of halogens is 4. The Hall–Kier alpha value is -4.45. The standard InChI is InChI=1S/C27H23ClF3N7O2/c28-22-10-9-19(15-21(22)27(29,30)31)32-26(40)33-23-11-8-18(14-20(23)24-34-36-37-35-24)16-4-6-17(7-5-16)25(39)38-12-2-1-3-13-38/h4-11,14-15H,1-3,12-13H2,(H2,32,33,40)(H,34,35,36,37). The van der Waals surface area contributed by atoms with Crippen LogP contribution in [-0.4, -0.2) is 50.6 Å². The largest absolute Gasteiger partial charge is 0.417 e. The van der Waals surface area contributed by atoms with Crippen molar-refractivity contribution in [2.75, 3.05) is 23.7 Å². The van der Waals surface area contributed by atoms with Crippen molar-refractivity contribution >= 4 is 34.9 Å². The summed E-state index contributed by atoms with van der Waals surface area (Å²) in [6.07, 6.45) is -1.52. The molecule has 0 unspecified atom stereocenters. The number of urea groups is 1. The molecule has 1 saturated heterocycles. The van der Waals surface area contributed by atoms with Crippen LogP contribution < -0.4 is 10.6 Å². The number of tetrazole rings is 1. The SMILES string of the molecule is O=C(Nc1ccc(Cl)c(C(F)(F)F)c1)Nc1ccc(-c2ccc(C(=O)N3CCCCC3)cc2)cc1-c1nnn[nH]1. The number of aromatic nitrogens is 4. The second-order valence-corrected chi connectivity index (χ2v) is 9.62. The van der Waals surface area contributed by atoms with E-state index in [1.54, 1.807) is 30.3 Å². The van der Waals surface area contributed by atoms with Gasteiger partial charge in [0.1, 0.15) is 0 Å². The van der Waals surface area contributed by atoms with Gasteiger partial charge in [0.15, 0.2) is 5.82 Å². The number of carbonyl (C=O) groups excluding carboxylic acids is 2. The van der Waals surface area contributed by atoms with Crippen LogP contribution in [0.15, 0.2) is 60.7 Å². The molecule has 13 heteroatoms. The molecule has 3 N–H and O–H groups in total. The maximum Gasteiger partial charge on any atom is 0.417 e. The van der Waals surface area contributed by atoms with Crippen LogP contribution in [0.25, 0.3) is 22.5 Å². The van der Waals surface area contributed by atoms with Crippen LogP contribution in [0.3, 0.4) is 0 Å². The molecule has 3 amide bonds. The number of piperidine rings is 1. The molecule has 1 aliphatic heterocycles. The van der Waals surface area contributed by atoms with Crippen molar-refractivity contribution in [2.24, 2.45) is 0 Å². The third-order valence-corrected chi connectivity index (χ3v) is 6.84. The van der Waals surface area contributed by atoms with Crippen molar-refractivity contribution in [1.29, 1.82) is 0 Å². The van der Waals surface area contributed by atoms with E-state index in [9.17, 15) is 22.8 Å². The highest BCUT2D eigenvalue weighted by Gasteiger charge is 2.33. The van der Waals surface area contributed by atoms with Gasteiger partial charge in [-0.3, -0.25) is 4.79 Å². The molecule has 206 valence electrons. The normalized spacial score (nSPS) is 13.7. The number of benzene rings is 3. The molecule has 1 aliphatic rings. The second kappa shape index (κ2) is 11.3. The number of aromatic amines is 1. The summed E-state index contributed by atoms with van der Waals surface area (Å²) in [6, 6.07) is 14.7. The summed E-state index contributed by atoms with van der Waals surface area (Å²) in [5.41, 5.74) is 1.79. The first kappa shape index (κ1) is 27.1.